The summed E-state index contributed by atoms with van der Waals surface area (Å²) in [4.78, 5) is 0.348. The van der Waals surface area contributed by atoms with E-state index in [-0.39, 0.29) is 5.92 Å². The van der Waals surface area contributed by atoms with Gasteiger partial charge in [0.05, 0.1) is 4.91 Å². The van der Waals surface area contributed by atoms with Gasteiger partial charge in [-0.15, -0.1) is 4.24 Å². The lowest BCUT2D eigenvalue weighted by atomic mass is 9.95. The van der Waals surface area contributed by atoms with E-state index in [4.69, 9.17) is 11.8 Å². The molecule has 0 spiro atoms. The molecule has 74 valence electrons. The molecule has 0 saturated carbocycles. The first-order valence-electron chi connectivity index (χ1n) is 3.97. The number of nitrogens with one attached hydrogen (secondary N) is 1. The number of halogens is 1. The van der Waals surface area contributed by atoms with E-state index in [0.717, 1.165) is 0 Å². The van der Waals surface area contributed by atoms with Crippen LogP contribution in [-0.2, 0) is 10.0 Å². The van der Waals surface area contributed by atoms with Crippen LogP contribution in [0.3, 0.4) is 0 Å². The van der Waals surface area contributed by atoms with Gasteiger partial charge in [-0.3, -0.25) is 0 Å². The van der Waals surface area contributed by atoms with E-state index >= 15 is 0 Å². The van der Waals surface area contributed by atoms with Crippen LogP contribution in [0.1, 0.15) is 20.3 Å². The van der Waals surface area contributed by atoms with Crippen LogP contribution in [0.2, 0.25) is 0 Å². The fraction of sp³-hybridized carbons (Fsp3) is 0.500. The van der Waals surface area contributed by atoms with Crippen LogP contribution in [0.25, 0.3) is 0 Å². The maximum Gasteiger partial charge on any atom is 0.250 e. The van der Waals surface area contributed by atoms with Crippen molar-refractivity contribution in [1.82, 2.24) is 4.24 Å². The second-order valence-electron chi connectivity index (χ2n) is 3.23. The molecule has 1 rings (SSSR count). The molecule has 0 amide bonds. The second-order valence-corrected chi connectivity index (χ2v) is 5.38. The van der Waals surface area contributed by atoms with Gasteiger partial charge in [0.15, 0.2) is 0 Å². The average molecular weight is 222 g/mol. The van der Waals surface area contributed by atoms with Gasteiger partial charge in [0.1, 0.15) is 0 Å². The van der Waals surface area contributed by atoms with Gasteiger partial charge in [-0.2, -0.15) is 0 Å². The molecule has 5 heteroatoms. The van der Waals surface area contributed by atoms with Gasteiger partial charge >= 0.3 is 0 Å². The fourth-order valence-electron chi connectivity index (χ4n) is 1.17. The van der Waals surface area contributed by atoms with Crippen LogP contribution in [0.4, 0.5) is 0 Å². The van der Waals surface area contributed by atoms with Gasteiger partial charge in [0.25, 0.3) is 0 Å². The van der Waals surface area contributed by atoms with Crippen LogP contribution in [0.15, 0.2) is 22.6 Å². The summed E-state index contributed by atoms with van der Waals surface area (Å²) in [6, 6.07) is 0. The van der Waals surface area contributed by atoms with Crippen LogP contribution < -0.4 is 4.24 Å². The Labute approximate surface area is 83.6 Å². The minimum atomic E-state index is -3.45. The fourth-order valence-corrected chi connectivity index (χ4v) is 2.28. The van der Waals surface area contributed by atoms with Gasteiger partial charge in [-0.25, -0.2) is 8.42 Å². The molecule has 1 aliphatic carbocycles. The predicted octanol–water partition coefficient (Wildman–Crippen LogP) is 1.93. The van der Waals surface area contributed by atoms with Gasteiger partial charge in [0.2, 0.25) is 10.0 Å². The lowest BCUT2D eigenvalue weighted by Crippen LogP contribution is -2.19. The smallest absolute Gasteiger partial charge is 0.206 e. The standard InChI is InChI=1S/C8H12ClNO2S/c1-6-3-4-8(5-7(6)2)13(11,12)10-9/h3-4,7,10H,5H2,1-2H3. The lowest BCUT2D eigenvalue weighted by molar-refractivity contribution is 0.590. The maximum absolute atomic E-state index is 11.3. The molecule has 0 bridgehead atoms. The molecular formula is C8H12ClNO2S. The molecule has 1 N–H and O–H groups in total. The zero-order valence-corrected chi connectivity index (χ0v) is 9.11. The van der Waals surface area contributed by atoms with Crippen molar-refractivity contribution in [3.05, 3.63) is 22.6 Å². The van der Waals surface area contributed by atoms with Crippen molar-refractivity contribution in [3.63, 3.8) is 0 Å². The Kier molecular flexibility index (Phi) is 3.16. The zero-order valence-electron chi connectivity index (χ0n) is 7.54. The molecule has 0 aromatic carbocycles. The van der Waals surface area contributed by atoms with Gasteiger partial charge in [0, 0.05) is 0 Å². The highest BCUT2D eigenvalue weighted by atomic mass is 35.5. The summed E-state index contributed by atoms with van der Waals surface area (Å²) in [7, 11) is -3.45. The largest absolute Gasteiger partial charge is 0.250 e. The Morgan fingerprint density at radius 3 is 2.62 bits per heavy atom. The van der Waals surface area contributed by atoms with Crippen molar-refractivity contribution in [3.8, 4) is 0 Å². The van der Waals surface area contributed by atoms with Crippen molar-refractivity contribution in [1.29, 1.82) is 0 Å². The first-order valence-corrected chi connectivity index (χ1v) is 5.83. The number of hydrogen-bond donors (Lipinski definition) is 1. The molecule has 1 aliphatic rings. The Bertz CT molecular complexity index is 356. The summed E-state index contributed by atoms with van der Waals surface area (Å²) in [6.45, 7) is 3.97. The summed E-state index contributed by atoms with van der Waals surface area (Å²) in [5.41, 5.74) is 1.19. The Hall–Kier alpha value is -0.320. The predicted molar refractivity (Wildman–Crippen MR) is 53.5 cm³/mol. The minimum Gasteiger partial charge on any atom is -0.206 e. The van der Waals surface area contributed by atoms with Crippen molar-refractivity contribution in [2.24, 2.45) is 5.92 Å². The van der Waals surface area contributed by atoms with Crippen molar-refractivity contribution >= 4 is 21.8 Å². The minimum absolute atomic E-state index is 0.264. The highest BCUT2D eigenvalue weighted by molar-refractivity contribution is 7.94. The third-order valence-corrected chi connectivity index (χ3v) is 4.07. The van der Waals surface area contributed by atoms with Gasteiger partial charge in [-0.1, -0.05) is 18.6 Å². The SMILES string of the molecule is CC1=CC=C(S(=O)(=O)NCl)CC1C. The highest BCUT2D eigenvalue weighted by Gasteiger charge is 2.21. The molecule has 13 heavy (non-hydrogen) atoms. The molecule has 1 unspecified atom stereocenters. The van der Waals surface area contributed by atoms with Crippen LogP contribution in [0, 0.1) is 5.92 Å². The number of hydrogen-bond acceptors (Lipinski definition) is 2. The average Bonchev–Trinajstić information content (AvgIpc) is 2.09. The topological polar surface area (TPSA) is 46.2 Å². The van der Waals surface area contributed by atoms with Gasteiger partial charge < -0.3 is 0 Å². The highest BCUT2D eigenvalue weighted by Crippen LogP contribution is 2.26. The Morgan fingerprint density at radius 1 is 1.54 bits per heavy atom. The van der Waals surface area contributed by atoms with Crippen LogP contribution >= 0.6 is 11.8 Å². The normalized spacial score (nSPS) is 23.8. The van der Waals surface area contributed by atoms with E-state index in [0.29, 0.717) is 11.3 Å². The Morgan fingerprint density at radius 2 is 2.15 bits per heavy atom. The molecule has 0 fully saturated rings. The van der Waals surface area contributed by atoms with Crippen molar-refractivity contribution in [2.75, 3.05) is 0 Å². The molecule has 0 radical (unpaired) electrons. The lowest BCUT2D eigenvalue weighted by Gasteiger charge is -2.17. The third kappa shape index (κ3) is 2.33. The first-order chi connectivity index (χ1) is 5.97. The maximum atomic E-state index is 11.3. The first kappa shape index (κ1) is 10.8. The number of rotatable bonds is 2. The van der Waals surface area contributed by atoms with Crippen molar-refractivity contribution < 1.29 is 8.42 Å². The van der Waals surface area contributed by atoms with E-state index in [2.05, 4.69) is 0 Å². The quantitative estimate of drug-likeness (QED) is 0.725. The monoisotopic (exact) mass is 221 g/mol. The number of sulfonamides is 1. The van der Waals surface area contributed by atoms with E-state index in [9.17, 15) is 8.42 Å². The van der Waals surface area contributed by atoms with Crippen LogP contribution in [-0.4, -0.2) is 8.42 Å². The summed E-state index contributed by atoms with van der Waals surface area (Å²) >= 11 is 5.11. The molecule has 0 heterocycles. The molecule has 0 aromatic heterocycles. The van der Waals surface area contributed by atoms with E-state index in [1.807, 2.05) is 19.9 Å². The Balaban J connectivity index is 2.99. The molecule has 3 nitrogen and oxygen atoms in total. The molecule has 0 saturated heterocycles. The molecule has 1 atom stereocenters. The van der Waals surface area contributed by atoms with Crippen molar-refractivity contribution in [2.45, 2.75) is 20.3 Å². The van der Waals surface area contributed by atoms with E-state index in [1.54, 1.807) is 10.3 Å². The summed E-state index contributed by atoms with van der Waals surface area (Å²) in [5.74, 6) is 0.264. The third-order valence-electron chi connectivity index (χ3n) is 2.26. The summed E-state index contributed by atoms with van der Waals surface area (Å²) in [6.07, 6.45) is 3.93. The van der Waals surface area contributed by atoms with E-state index in [1.165, 1.54) is 5.57 Å². The summed E-state index contributed by atoms with van der Waals surface area (Å²) < 4.78 is 24.3. The zero-order chi connectivity index (χ0) is 10.1. The molecule has 0 aromatic rings. The second kappa shape index (κ2) is 3.82. The molecule has 0 aliphatic heterocycles. The van der Waals surface area contributed by atoms with E-state index < -0.39 is 10.0 Å². The van der Waals surface area contributed by atoms with Gasteiger partial charge in [-0.05, 0) is 37.1 Å². The van der Waals surface area contributed by atoms with Crippen LogP contribution in [0.5, 0.6) is 0 Å². The molecular weight excluding hydrogens is 210 g/mol. The summed E-state index contributed by atoms with van der Waals surface area (Å²) in [5, 5.41) is 0. The number of allylic oxidation sites excluding steroid dienone is 4.